The highest BCUT2D eigenvalue weighted by molar-refractivity contribution is 7.13. The summed E-state index contributed by atoms with van der Waals surface area (Å²) >= 11 is 1.64. The van der Waals surface area contributed by atoms with E-state index in [9.17, 15) is 14.4 Å². The van der Waals surface area contributed by atoms with Crippen LogP contribution in [0.25, 0.3) is 10.1 Å². The van der Waals surface area contributed by atoms with Gasteiger partial charge in [0.1, 0.15) is 12.9 Å². The molecule has 10 heteroatoms. The minimum Gasteiger partial charge on any atom is -0.493 e. The number of aromatic nitrogens is 1. The fourth-order valence-corrected chi connectivity index (χ4v) is 6.37. The first-order valence-electron chi connectivity index (χ1n) is 12.9. The van der Waals surface area contributed by atoms with E-state index in [2.05, 4.69) is 29.2 Å². The number of hydrogen-bond acceptors (Lipinski definition) is 8. The van der Waals surface area contributed by atoms with Crippen LogP contribution in [0.15, 0.2) is 54.6 Å². The van der Waals surface area contributed by atoms with Gasteiger partial charge in [-0.1, -0.05) is 24.3 Å². The van der Waals surface area contributed by atoms with Gasteiger partial charge in [-0.2, -0.15) is 4.37 Å². The molecular formula is C29H32N2O7S. The molecule has 2 aromatic carbocycles. The molecule has 2 atom stereocenters. The van der Waals surface area contributed by atoms with Crippen molar-refractivity contribution in [1.29, 1.82) is 0 Å². The van der Waals surface area contributed by atoms with Crippen molar-refractivity contribution >= 4 is 39.8 Å². The molecule has 9 nitrogen and oxygen atoms in total. The van der Waals surface area contributed by atoms with E-state index in [4.69, 9.17) is 24.1 Å². The third-order valence-electron chi connectivity index (χ3n) is 7.20. The number of benzene rings is 2. The van der Waals surface area contributed by atoms with Crippen LogP contribution in [0.2, 0.25) is 0 Å². The van der Waals surface area contributed by atoms with Gasteiger partial charge in [0.15, 0.2) is 11.5 Å². The van der Waals surface area contributed by atoms with Crippen LogP contribution >= 0.6 is 11.5 Å². The average Bonchev–Trinajstić information content (AvgIpc) is 3.45. The van der Waals surface area contributed by atoms with Crippen molar-refractivity contribution in [3.8, 4) is 11.5 Å². The number of carbonyl (C=O) groups excluding carboxylic acids is 1. The lowest BCUT2D eigenvalue weighted by Gasteiger charge is -2.38. The maximum atomic E-state index is 10.8. The molecule has 2 aliphatic rings. The van der Waals surface area contributed by atoms with Gasteiger partial charge in [-0.05, 0) is 61.0 Å². The highest BCUT2D eigenvalue weighted by atomic mass is 32.1. The molecule has 39 heavy (non-hydrogen) atoms. The van der Waals surface area contributed by atoms with Gasteiger partial charge < -0.3 is 24.5 Å². The molecule has 2 N–H and O–H groups in total. The third-order valence-corrected chi connectivity index (χ3v) is 8.04. The lowest BCUT2D eigenvalue weighted by molar-refractivity contribution is -0.134. The number of fused-ring (bicyclic) bond motifs is 3. The molecule has 2 fully saturated rings. The first-order valence-corrected chi connectivity index (χ1v) is 13.6. The Morgan fingerprint density at radius 3 is 2.38 bits per heavy atom. The molecule has 3 aromatic rings. The first kappa shape index (κ1) is 28.3. The van der Waals surface area contributed by atoms with Crippen molar-refractivity contribution < 1.29 is 34.1 Å². The molecule has 1 aromatic heterocycles. The van der Waals surface area contributed by atoms with Crippen LogP contribution < -0.4 is 9.47 Å². The number of piperidine rings is 1. The van der Waals surface area contributed by atoms with Gasteiger partial charge in [0.05, 0.1) is 17.5 Å². The SMILES string of the molecule is COc1cc(CC=O)ccc1OCCN1C2CCC1CC(c1nsc3ccccc13)C2.O=C(O)/C=C/C(=O)O. The van der Waals surface area contributed by atoms with Crippen LogP contribution in [0.5, 0.6) is 11.5 Å². The molecule has 0 saturated carbocycles. The first-order chi connectivity index (χ1) is 18.9. The molecule has 2 bridgehead atoms. The Bertz CT molecular complexity index is 1310. The van der Waals surface area contributed by atoms with E-state index >= 15 is 0 Å². The van der Waals surface area contributed by atoms with E-state index < -0.39 is 11.9 Å². The number of aliphatic carboxylic acids is 2. The Balaban J connectivity index is 0.000000386. The summed E-state index contributed by atoms with van der Waals surface area (Å²) < 4.78 is 17.7. The van der Waals surface area contributed by atoms with Gasteiger partial charge in [0.25, 0.3) is 0 Å². The zero-order valence-electron chi connectivity index (χ0n) is 21.7. The molecule has 2 saturated heterocycles. The molecular weight excluding hydrogens is 520 g/mol. The van der Waals surface area contributed by atoms with Crippen molar-refractivity contribution in [3.63, 3.8) is 0 Å². The molecule has 3 heterocycles. The predicted octanol–water partition coefficient (Wildman–Crippen LogP) is 4.55. The average molecular weight is 553 g/mol. The van der Waals surface area contributed by atoms with Gasteiger partial charge in [-0.25, -0.2) is 9.59 Å². The number of hydrogen-bond donors (Lipinski definition) is 2. The molecule has 5 rings (SSSR count). The molecule has 0 amide bonds. The second-order valence-corrected chi connectivity index (χ2v) is 10.4. The van der Waals surface area contributed by atoms with Crippen LogP contribution in [0.1, 0.15) is 42.9 Å². The summed E-state index contributed by atoms with van der Waals surface area (Å²) in [7, 11) is 1.64. The summed E-state index contributed by atoms with van der Waals surface area (Å²) in [5.41, 5.74) is 2.25. The smallest absolute Gasteiger partial charge is 0.328 e. The minimum absolute atomic E-state index is 0.392. The van der Waals surface area contributed by atoms with Crippen LogP contribution in [-0.4, -0.2) is 70.1 Å². The van der Waals surface area contributed by atoms with Crippen molar-refractivity contribution in [3.05, 3.63) is 65.9 Å². The Kier molecular flexibility index (Phi) is 9.67. The largest absolute Gasteiger partial charge is 0.493 e. The Morgan fingerprint density at radius 1 is 1.05 bits per heavy atom. The molecule has 2 unspecified atom stereocenters. The summed E-state index contributed by atoms with van der Waals surface area (Å²) in [5, 5.41) is 17.0. The van der Waals surface area contributed by atoms with E-state index in [1.165, 1.54) is 41.5 Å². The molecule has 206 valence electrons. The maximum absolute atomic E-state index is 10.8. The van der Waals surface area contributed by atoms with E-state index in [1.807, 2.05) is 18.2 Å². The lowest BCUT2D eigenvalue weighted by atomic mass is 9.87. The fraction of sp³-hybridized carbons (Fsp3) is 0.379. The van der Waals surface area contributed by atoms with E-state index in [0.29, 0.717) is 48.9 Å². The van der Waals surface area contributed by atoms with Crippen molar-refractivity contribution in [2.45, 2.75) is 50.1 Å². The zero-order chi connectivity index (χ0) is 27.8. The summed E-state index contributed by atoms with van der Waals surface area (Å²) in [6.45, 7) is 1.57. The van der Waals surface area contributed by atoms with Crippen molar-refractivity contribution in [1.82, 2.24) is 9.27 Å². The van der Waals surface area contributed by atoms with Gasteiger partial charge in [0, 0.05) is 48.5 Å². The van der Waals surface area contributed by atoms with Crippen LogP contribution in [0.3, 0.4) is 0 Å². The second-order valence-electron chi connectivity index (χ2n) is 9.57. The molecule has 0 spiro atoms. The van der Waals surface area contributed by atoms with E-state index in [0.717, 1.165) is 24.1 Å². The molecule has 2 aliphatic heterocycles. The van der Waals surface area contributed by atoms with Gasteiger partial charge in [-0.3, -0.25) is 4.90 Å². The maximum Gasteiger partial charge on any atom is 0.328 e. The number of carbonyl (C=O) groups is 3. The second kappa shape index (κ2) is 13.3. The standard InChI is InChI=1S/C25H28N2O3S.C4H4O4/c1-29-23-14-17(10-12-28)6-9-22(23)30-13-11-27-19-7-8-20(27)16-18(15-19)25-21-4-2-3-5-24(21)31-26-25;5-3(6)1-2-4(7)8/h2-6,9,12,14,18-20H,7-8,10-11,13,15-16H2,1H3;1-2H,(H,5,6)(H,7,8)/b;2-1+. The molecule has 0 aliphatic carbocycles. The number of rotatable bonds is 10. The number of carboxylic acids is 2. The summed E-state index contributed by atoms with van der Waals surface area (Å²) in [6.07, 6.45) is 7.33. The highest BCUT2D eigenvalue weighted by Crippen LogP contribution is 2.44. The Morgan fingerprint density at radius 2 is 1.74 bits per heavy atom. The fourth-order valence-electron chi connectivity index (χ4n) is 5.52. The monoisotopic (exact) mass is 552 g/mol. The number of ether oxygens (including phenoxy) is 2. The summed E-state index contributed by atoms with van der Waals surface area (Å²) in [5.74, 6) is -0.513. The normalized spacial score (nSPS) is 20.4. The Labute approximate surface area is 230 Å². The van der Waals surface area contributed by atoms with Crippen molar-refractivity contribution in [2.24, 2.45) is 0 Å². The van der Waals surface area contributed by atoms with Crippen molar-refractivity contribution in [2.75, 3.05) is 20.3 Å². The number of carboxylic acid groups (broad SMARTS) is 2. The lowest BCUT2D eigenvalue weighted by Crippen LogP contribution is -2.44. The Hall–Kier alpha value is -3.76. The van der Waals surface area contributed by atoms with Crippen LogP contribution in [0, 0.1) is 0 Å². The van der Waals surface area contributed by atoms with Gasteiger partial charge in [-0.15, -0.1) is 0 Å². The van der Waals surface area contributed by atoms with Crippen LogP contribution in [-0.2, 0) is 20.8 Å². The number of nitrogens with zero attached hydrogens (tertiary/aromatic N) is 2. The van der Waals surface area contributed by atoms with Gasteiger partial charge >= 0.3 is 11.9 Å². The van der Waals surface area contributed by atoms with E-state index in [-0.39, 0.29) is 0 Å². The highest BCUT2D eigenvalue weighted by Gasteiger charge is 2.41. The van der Waals surface area contributed by atoms with Crippen LogP contribution in [0.4, 0.5) is 0 Å². The van der Waals surface area contributed by atoms with E-state index in [1.54, 1.807) is 18.6 Å². The third kappa shape index (κ3) is 7.21. The molecule has 0 radical (unpaired) electrons. The minimum atomic E-state index is -1.26. The topological polar surface area (TPSA) is 126 Å². The summed E-state index contributed by atoms with van der Waals surface area (Å²) in [6, 6.07) is 15.6. The zero-order valence-corrected chi connectivity index (χ0v) is 22.5. The number of aldehydes is 1. The predicted molar refractivity (Wildman–Crippen MR) is 148 cm³/mol. The van der Waals surface area contributed by atoms with Gasteiger partial charge in [0.2, 0.25) is 0 Å². The quantitative estimate of drug-likeness (QED) is 0.275. The number of methoxy groups -OCH3 is 1. The summed E-state index contributed by atoms with van der Waals surface area (Å²) in [4.78, 5) is 32.5.